The van der Waals surface area contributed by atoms with Gasteiger partial charge in [0.2, 0.25) is 0 Å². The average Bonchev–Trinajstić information content (AvgIpc) is 3.25. The van der Waals surface area contributed by atoms with Gasteiger partial charge in [-0.3, -0.25) is 0 Å². The van der Waals surface area contributed by atoms with E-state index in [0.29, 0.717) is 6.04 Å². The smallest absolute Gasteiger partial charge is 0.0963 e. The summed E-state index contributed by atoms with van der Waals surface area (Å²) in [5.74, 6) is 0. The molecule has 2 aromatic heterocycles. The molecule has 3 nitrogen and oxygen atoms in total. The Labute approximate surface area is 141 Å². The first-order valence-corrected chi connectivity index (χ1v) is 8.66. The van der Waals surface area contributed by atoms with Crippen molar-refractivity contribution in [2.45, 2.75) is 38.1 Å². The van der Waals surface area contributed by atoms with Crippen LogP contribution in [0, 0.1) is 0 Å². The number of nitrogens with one attached hydrogen (secondary N) is 1. The molecule has 0 spiro atoms. The molecule has 0 radical (unpaired) electrons. The fourth-order valence-corrected chi connectivity index (χ4v) is 3.70. The third kappa shape index (κ3) is 2.81. The summed E-state index contributed by atoms with van der Waals surface area (Å²) in [6.07, 6.45) is 12.5. The fourth-order valence-electron chi connectivity index (χ4n) is 3.57. The number of hydrogen-bond acceptors (Lipinski definition) is 1. The molecule has 4 rings (SSSR count). The van der Waals surface area contributed by atoms with Gasteiger partial charge in [-0.2, -0.15) is 0 Å². The third-order valence-electron chi connectivity index (χ3n) is 4.75. The zero-order valence-electron chi connectivity index (χ0n) is 13.0. The molecule has 3 aromatic rings. The third-order valence-corrected chi connectivity index (χ3v) is 5.00. The Balaban J connectivity index is 1.83. The lowest BCUT2D eigenvalue weighted by molar-refractivity contribution is 0.355. The summed E-state index contributed by atoms with van der Waals surface area (Å²) in [5, 5.41) is 0.753. The van der Waals surface area contributed by atoms with Crippen molar-refractivity contribution in [2.24, 2.45) is 0 Å². The Kier molecular flexibility index (Phi) is 3.96. The van der Waals surface area contributed by atoms with Gasteiger partial charge in [-0.25, -0.2) is 4.98 Å². The Morgan fingerprint density at radius 2 is 1.78 bits per heavy atom. The summed E-state index contributed by atoms with van der Waals surface area (Å²) in [6.45, 7) is 0. The van der Waals surface area contributed by atoms with Crippen LogP contribution in [0.5, 0.6) is 0 Å². The van der Waals surface area contributed by atoms with Crippen LogP contribution >= 0.6 is 11.6 Å². The molecule has 2 heterocycles. The zero-order valence-corrected chi connectivity index (χ0v) is 13.8. The minimum absolute atomic E-state index is 0.558. The molecular weight excluding hydrogens is 306 g/mol. The first-order valence-electron chi connectivity index (χ1n) is 8.29. The van der Waals surface area contributed by atoms with Gasteiger partial charge in [0.15, 0.2) is 0 Å². The molecule has 1 saturated carbocycles. The van der Waals surface area contributed by atoms with Crippen LogP contribution in [0.4, 0.5) is 0 Å². The number of aromatic amines is 1. The van der Waals surface area contributed by atoms with Crippen LogP contribution in [-0.2, 0) is 0 Å². The predicted molar refractivity (Wildman–Crippen MR) is 94.6 cm³/mol. The average molecular weight is 326 g/mol. The van der Waals surface area contributed by atoms with E-state index in [1.165, 1.54) is 43.4 Å². The monoisotopic (exact) mass is 325 g/mol. The van der Waals surface area contributed by atoms with E-state index in [1.807, 2.05) is 36.8 Å². The molecule has 1 fully saturated rings. The van der Waals surface area contributed by atoms with Crippen LogP contribution < -0.4 is 0 Å². The van der Waals surface area contributed by atoms with Crippen LogP contribution in [0.2, 0.25) is 5.02 Å². The van der Waals surface area contributed by atoms with Gasteiger partial charge in [-0.15, -0.1) is 0 Å². The number of hydrogen-bond donors (Lipinski definition) is 1. The molecular formula is C19H20ClN3. The highest BCUT2D eigenvalue weighted by Gasteiger charge is 2.22. The lowest BCUT2D eigenvalue weighted by Crippen LogP contribution is -2.13. The van der Waals surface area contributed by atoms with E-state index < -0.39 is 0 Å². The highest BCUT2D eigenvalue weighted by molar-refractivity contribution is 6.30. The summed E-state index contributed by atoms with van der Waals surface area (Å²) < 4.78 is 2.38. The number of rotatable bonds is 3. The first-order chi connectivity index (χ1) is 11.3. The highest BCUT2D eigenvalue weighted by atomic mass is 35.5. The summed E-state index contributed by atoms with van der Waals surface area (Å²) in [5.41, 5.74) is 4.55. The number of benzene rings is 1. The van der Waals surface area contributed by atoms with Gasteiger partial charge < -0.3 is 9.55 Å². The van der Waals surface area contributed by atoms with E-state index >= 15 is 0 Å². The van der Waals surface area contributed by atoms with Gasteiger partial charge in [-0.05, 0) is 31.0 Å². The van der Waals surface area contributed by atoms with Gasteiger partial charge in [0.05, 0.1) is 17.7 Å². The van der Waals surface area contributed by atoms with E-state index in [0.717, 1.165) is 16.3 Å². The number of halogens is 1. The second-order valence-electron chi connectivity index (χ2n) is 6.25. The Hall–Kier alpha value is -2.00. The van der Waals surface area contributed by atoms with Crippen molar-refractivity contribution in [1.29, 1.82) is 0 Å². The lowest BCUT2D eigenvalue weighted by atomic mass is 9.94. The maximum absolute atomic E-state index is 6.03. The van der Waals surface area contributed by atoms with E-state index in [-0.39, 0.29) is 0 Å². The van der Waals surface area contributed by atoms with Crippen LogP contribution in [0.25, 0.3) is 22.5 Å². The van der Waals surface area contributed by atoms with Crippen molar-refractivity contribution >= 4 is 11.6 Å². The molecule has 0 bridgehead atoms. The molecule has 1 aromatic carbocycles. The van der Waals surface area contributed by atoms with Crippen molar-refractivity contribution < 1.29 is 0 Å². The molecule has 0 amide bonds. The van der Waals surface area contributed by atoms with Crippen LogP contribution in [0.3, 0.4) is 0 Å². The molecule has 0 unspecified atom stereocenters. The summed E-state index contributed by atoms with van der Waals surface area (Å²) >= 11 is 6.03. The van der Waals surface area contributed by atoms with Crippen molar-refractivity contribution in [3.8, 4) is 22.5 Å². The predicted octanol–water partition coefficient (Wildman–Crippen LogP) is 5.70. The van der Waals surface area contributed by atoms with Gasteiger partial charge in [0, 0.05) is 34.6 Å². The first kappa shape index (κ1) is 14.6. The van der Waals surface area contributed by atoms with Crippen LogP contribution in [0.15, 0.2) is 49.1 Å². The topological polar surface area (TPSA) is 33.6 Å². The lowest BCUT2D eigenvalue weighted by Gasteiger charge is -2.25. The summed E-state index contributed by atoms with van der Waals surface area (Å²) in [7, 11) is 0. The van der Waals surface area contributed by atoms with Crippen molar-refractivity contribution in [3.05, 3.63) is 54.1 Å². The summed E-state index contributed by atoms with van der Waals surface area (Å²) in [4.78, 5) is 7.93. The summed E-state index contributed by atoms with van der Waals surface area (Å²) in [6, 6.07) is 10.6. The molecule has 0 aliphatic heterocycles. The van der Waals surface area contributed by atoms with E-state index in [2.05, 4.69) is 21.8 Å². The fraction of sp³-hybridized carbons (Fsp3) is 0.316. The largest absolute Gasteiger partial charge is 0.367 e. The highest BCUT2D eigenvalue weighted by Crippen LogP contribution is 2.37. The van der Waals surface area contributed by atoms with Gasteiger partial charge in [0.1, 0.15) is 0 Å². The molecule has 1 N–H and O–H groups in total. The van der Waals surface area contributed by atoms with Crippen LogP contribution in [-0.4, -0.2) is 14.5 Å². The van der Waals surface area contributed by atoms with E-state index in [9.17, 15) is 0 Å². The van der Waals surface area contributed by atoms with Crippen molar-refractivity contribution in [1.82, 2.24) is 14.5 Å². The minimum Gasteiger partial charge on any atom is -0.367 e. The molecule has 0 saturated heterocycles. The Morgan fingerprint density at radius 3 is 2.48 bits per heavy atom. The van der Waals surface area contributed by atoms with Gasteiger partial charge in [0.25, 0.3) is 0 Å². The quantitative estimate of drug-likeness (QED) is 0.658. The molecule has 1 aliphatic rings. The SMILES string of the molecule is Clc1ccc(-c2ncn(C3CCCCC3)c2-c2cc[nH]c2)cc1. The number of imidazole rings is 1. The van der Waals surface area contributed by atoms with E-state index in [1.54, 1.807) is 0 Å². The number of H-pyrrole nitrogens is 1. The van der Waals surface area contributed by atoms with Crippen molar-refractivity contribution in [2.75, 3.05) is 0 Å². The molecule has 23 heavy (non-hydrogen) atoms. The van der Waals surface area contributed by atoms with E-state index in [4.69, 9.17) is 16.6 Å². The van der Waals surface area contributed by atoms with Crippen LogP contribution in [0.1, 0.15) is 38.1 Å². The van der Waals surface area contributed by atoms with Gasteiger partial charge >= 0.3 is 0 Å². The van der Waals surface area contributed by atoms with Gasteiger partial charge in [-0.1, -0.05) is 43.0 Å². The standard InChI is InChI=1S/C19H20ClN3/c20-16-8-6-14(7-9-16)18-19(15-10-11-21-12-15)23(13-22-18)17-4-2-1-3-5-17/h6-13,17,21H,1-5H2. The number of nitrogens with zero attached hydrogens (tertiary/aromatic N) is 2. The van der Waals surface area contributed by atoms with Crippen molar-refractivity contribution in [3.63, 3.8) is 0 Å². The molecule has 0 atom stereocenters. The minimum atomic E-state index is 0.558. The zero-order chi connectivity index (χ0) is 15.6. The second kappa shape index (κ2) is 6.25. The second-order valence-corrected chi connectivity index (χ2v) is 6.68. The molecule has 118 valence electrons. The normalized spacial score (nSPS) is 15.9. The molecule has 1 aliphatic carbocycles. The number of aromatic nitrogens is 3. The molecule has 4 heteroatoms. The maximum Gasteiger partial charge on any atom is 0.0963 e. The Bertz CT molecular complexity index is 766. The Morgan fingerprint density at radius 1 is 1.00 bits per heavy atom. The maximum atomic E-state index is 6.03.